The van der Waals surface area contributed by atoms with Crippen LogP contribution in [0, 0.1) is 0 Å². The van der Waals surface area contributed by atoms with E-state index in [1.165, 1.54) is 0 Å². The average Bonchev–Trinajstić information content (AvgIpc) is 2.51. The van der Waals surface area contributed by atoms with Crippen molar-refractivity contribution >= 4 is 0 Å². The molecule has 32 heavy (non-hydrogen) atoms. The fourth-order valence-electron chi connectivity index (χ4n) is 1.63. The van der Waals surface area contributed by atoms with E-state index in [4.69, 9.17) is 0 Å². The van der Waals surface area contributed by atoms with Crippen LogP contribution in [0.3, 0.4) is 0 Å². The Morgan fingerprint density at radius 1 is 0.344 bits per heavy atom. The first kappa shape index (κ1) is 32.4. The molecule has 0 aliphatic heterocycles. The molecule has 0 aromatic carbocycles. The molecule has 0 aromatic rings. The van der Waals surface area contributed by atoms with E-state index in [1.807, 2.05) is 0 Å². The third-order valence-electron chi connectivity index (χ3n) is 3.24. The van der Waals surface area contributed by atoms with Crippen molar-refractivity contribution in [1.29, 1.82) is 0 Å². The molecule has 0 aliphatic carbocycles. The number of rotatable bonds is 4. The zero-order chi connectivity index (χ0) is 26.8. The Hall–Kier alpha value is -1.78. The van der Waals surface area contributed by atoms with Gasteiger partial charge in [-0.25, -0.2) is 8.78 Å². The van der Waals surface area contributed by atoms with Crippen LogP contribution in [0.4, 0.5) is 79.0 Å². The van der Waals surface area contributed by atoms with Crippen LogP contribution < -0.4 is 0 Å². The second kappa shape index (κ2) is 9.23. The van der Waals surface area contributed by atoms with Gasteiger partial charge in [0.05, 0.1) is 0 Å². The second-order valence-corrected chi connectivity index (χ2v) is 5.56. The van der Waals surface area contributed by atoms with Crippen LogP contribution in [0.2, 0.25) is 0 Å². The summed E-state index contributed by atoms with van der Waals surface area (Å²) < 4.78 is 217. The molecular weight excluding hydrogens is 510 g/mol. The third-order valence-corrected chi connectivity index (χ3v) is 3.24. The van der Waals surface area contributed by atoms with Crippen LogP contribution in [0.15, 0.2) is 24.3 Å². The maximum Gasteiger partial charge on any atom is 0.457 e. The molecule has 0 spiro atoms. The summed E-state index contributed by atoms with van der Waals surface area (Å²) in [6.07, 6.45) is -27.5. The lowest BCUT2D eigenvalue weighted by Crippen LogP contribution is -2.60. The van der Waals surface area contributed by atoms with Crippen LogP contribution in [-0.2, 0) is 0 Å². The first-order valence-corrected chi connectivity index (χ1v) is 7.30. The summed E-state index contributed by atoms with van der Waals surface area (Å²) in [5.41, 5.74) is -11.5. The van der Waals surface area contributed by atoms with Crippen molar-refractivity contribution in [3.63, 3.8) is 0 Å². The summed E-state index contributed by atoms with van der Waals surface area (Å²) >= 11 is 0. The van der Waals surface area contributed by atoms with Gasteiger partial charge in [0.2, 0.25) is 0 Å². The number of hydrogen-bond donors (Lipinski definition) is 0. The van der Waals surface area contributed by atoms with E-state index < -0.39 is 60.0 Å². The highest BCUT2D eigenvalue weighted by molar-refractivity contribution is 5.16. The third kappa shape index (κ3) is 5.77. The Balaban J connectivity index is 0. The van der Waals surface area contributed by atoms with Gasteiger partial charge in [-0.05, 0) is 26.0 Å². The molecule has 0 saturated carbocycles. The second-order valence-electron chi connectivity index (χ2n) is 5.56. The molecule has 0 aromatic heterocycles. The zero-order valence-electron chi connectivity index (χ0n) is 15.1. The van der Waals surface area contributed by atoms with E-state index in [9.17, 15) is 79.0 Å². The topological polar surface area (TPSA) is 0 Å². The van der Waals surface area contributed by atoms with Crippen LogP contribution >= 0.6 is 0 Å². The highest BCUT2D eigenvalue weighted by atomic mass is 19.4. The lowest BCUT2D eigenvalue weighted by molar-refractivity contribution is -0.369. The van der Waals surface area contributed by atoms with Gasteiger partial charge in [0.15, 0.2) is 0 Å². The lowest BCUT2D eigenvalue weighted by atomic mass is 9.95. The molecule has 0 heterocycles. The zero-order valence-corrected chi connectivity index (χ0v) is 15.1. The summed E-state index contributed by atoms with van der Waals surface area (Å²) in [6, 6.07) is 0. The summed E-state index contributed by atoms with van der Waals surface area (Å²) in [6.45, 7) is 1.37. The van der Waals surface area contributed by atoms with E-state index in [0.717, 1.165) is 0 Å². The number of hydrogen-bond acceptors (Lipinski definition) is 0. The molecule has 0 amide bonds. The van der Waals surface area contributed by atoms with Crippen LogP contribution in [0.5, 0.6) is 0 Å². The van der Waals surface area contributed by atoms with E-state index in [2.05, 4.69) is 0 Å². The van der Waals surface area contributed by atoms with Gasteiger partial charge in [-0.1, -0.05) is 12.2 Å². The van der Waals surface area contributed by atoms with Crippen molar-refractivity contribution in [2.45, 2.75) is 61.7 Å². The standard InChI is InChI=1S/2C7H5F9/c2*1-2-3-4(8,6(11,12)13)5(9,10)7(14,15)16/h2*2-3H,1H3. The van der Waals surface area contributed by atoms with Crippen LogP contribution in [0.1, 0.15) is 13.8 Å². The summed E-state index contributed by atoms with van der Waals surface area (Å²) in [5.74, 6) is -13.1. The number of halogens is 18. The van der Waals surface area contributed by atoms with Gasteiger partial charge in [-0.15, -0.1) is 0 Å². The van der Waals surface area contributed by atoms with Gasteiger partial charge in [-0.3, -0.25) is 0 Å². The monoisotopic (exact) mass is 520 g/mol. The molecule has 2 unspecified atom stereocenters. The van der Waals surface area contributed by atoms with Gasteiger partial charge in [-0.2, -0.15) is 70.2 Å². The van der Waals surface area contributed by atoms with E-state index >= 15 is 0 Å². The number of allylic oxidation sites excluding steroid dienone is 4. The molecule has 0 saturated heterocycles. The smallest absolute Gasteiger partial charge is 0.222 e. The Bertz CT molecular complexity index is 599. The largest absolute Gasteiger partial charge is 0.457 e. The highest BCUT2D eigenvalue weighted by Crippen LogP contribution is 2.54. The van der Waals surface area contributed by atoms with Gasteiger partial charge in [0.25, 0.3) is 11.3 Å². The Morgan fingerprint density at radius 3 is 0.625 bits per heavy atom. The highest BCUT2D eigenvalue weighted by Gasteiger charge is 2.81. The van der Waals surface area contributed by atoms with Crippen molar-refractivity contribution in [1.82, 2.24) is 0 Å². The quantitative estimate of drug-likeness (QED) is 0.260. The number of alkyl halides is 18. The molecule has 0 N–H and O–H groups in total. The molecule has 0 fully saturated rings. The van der Waals surface area contributed by atoms with Gasteiger partial charge < -0.3 is 0 Å². The van der Waals surface area contributed by atoms with Crippen molar-refractivity contribution in [2.24, 2.45) is 0 Å². The molecule has 0 aliphatic rings. The predicted octanol–water partition coefficient (Wildman–Crippen LogP) is 8.06. The predicted molar refractivity (Wildman–Crippen MR) is 71.4 cm³/mol. The van der Waals surface area contributed by atoms with Crippen LogP contribution in [-0.4, -0.2) is 47.9 Å². The van der Waals surface area contributed by atoms with Crippen LogP contribution in [0.25, 0.3) is 0 Å². The Morgan fingerprint density at radius 2 is 0.531 bits per heavy atom. The average molecular weight is 520 g/mol. The van der Waals surface area contributed by atoms with E-state index in [-0.39, 0.29) is 12.2 Å². The molecule has 0 nitrogen and oxygen atoms in total. The summed E-state index contributed by atoms with van der Waals surface area (Å²) in [5, 5.41) is 0. The first-order chi connectivity index (χ1) is 13.6. The Kier molecular flexibility index (Phi) is 9.34. The SMILES string of the molecule is CC=CC(F)(C(F)(F)F)C(F)(F)C(F)(F)F.CC=CC(F)(C(F)(F)F)C(F)(F)C(F)(F)F. The summed E-state index contributed by atoms with van der Waals surface area (Å²) in [7, 11) is 0. The molecule has 2 atom stereocenters. The first-order valence-electron chi connectivity index (χ1n) is 7.30. The summed E-state index contributed by atoms with van der Waals surface area (Å²) in [4.78, 5) is 0. The van der Waals surface area contributed by atoms with Gasteiger partial charge in [0, 0.05) is 0 Å². The minimum absolute atomic E-state index is 0.132. The van der Waals surface area contributed by atoms with Gasteiger partial charge >= 0.3 is 36.6 Å². The van der Waals surface area contributed by atoms with Gasteiger partial charge in [0.1, 0.15) is 0 Å². The Labute approximate surface area is 166 Å². The molecule has 0 radical (unpaired) electrons. The fourth-order valence-corrected chi connectivity index (χ4v) is 1.63. The van der Waals surface area contributed by atoms with Crippen molar-refractivity contribution in [3.05, 3.63) is 24.3 Å². The van der Waals surface area contributed by atoms with E-state index in [1.54, 1.807) is 0 Å². The fraction of sp³-hybridized carbons (Fsp3) is 0.714. The van der Waals surface area contributed by atoms with Crippen molar-refractivity contribution in [3.8, 4) is 0 Å². The molecule has 0 bridgehead atoms. The van der Waals surface area contributed by atoms with Crippen molar-refractivity contribution in [2.75, 3.05) is 0 Å². The normalized spacial score (nSPS) is 18.9. The molecule has 18 heteroatoms. The minimum Gasteiger partial charge on any atom is -0.222 e. The molecule has 192 valence electrons. The van der Waals surface area contributed by atoms with E-state index in [0.29, 0.717) is 13.8 Å². The minimum atomic E-state index is -6.64. The molecular formula is C14H10F18. The van der Waals surface area contributed by atoms with Crippen molar-refractivity contribution < 1.29 is 79.0 Å². The molecule has 0 rings (SSSR count). The lowest BCUT2D eigenvalue weighted by Gasteiger charge is -2.33. The maximum absolute atomic E-state index is 12.9. The maximum atomic E-state index is 12.9.